The van der Waals surface area contributed by atoms with Gasteiger partial charge in [-0.2, -0.15) is 4.98 Å². The Hall–Kier alpha value is -1.63. The molecule has 0 fully saturated rings. The molecule has 1 N–H and O–H groups in total. The van der Waals surface area contributed by atoms with Crippen LogP contribution in [0, 0.1) is 0 Å². The quantitative estimate of drug-likeness (QED) is 0.856. The summed E-state index contributed by atoms with van der Waals surface area (Å²) in [4.78, 5) is 18.1. The molecule has 1 heterocycles. The Labute approximate surface area is 144 Å². The second-order valence-corrected chi connectivity index (χ2v) is 6.36. The van der Waals surface area contributed by atoms with E-state index in [9.17, 15) is 4.79 Å². The van der Waals surface area contributed by atoms with Crippen molar-refractivity contribution in [2.75, 3.05) is 18.9 Å². The zero-order valence-electron chi connectivity index (χ0n) is 13.1. The number of anilines is 1. The molecular weight excluding hydrogens is 339 g/mol. The smallest absolute Gasteiger partial charge is 0.240 e. The molecule has 0 saturated carbocycles. The molecule has 2 aromatic rings. The first-order valence-corrected chi connectivity index (χ1v) is 7.86. The Morgan fingerprint density at radius 2 is 2.09 bits per heavy atom. The fourth-order valence-corrected chi connectivity index (χ4v) is 2.17. The second kappa shape index (κ2) is 7.77. The minimum Gasteiger partial charge on any atom is -0.338 e. The monoisotopic (exact) mass is 356 g/mol. The van der Waals surface area contributed by atoms with Crippen molar-refractivity contribution in [2.24, 2.45) is 0 Å². The lowest BCUT2D eigenvalue weighted by molar-refractivity contribution is -0.117. The molecule has 1 aromatic heterocycles. The van der Waals surface area contributed by atoms with Crippen LogP contribution in [0.15, 0.2) is 22.7 Å². The van der Waals surface area contributed by atoms with E-state index >= 15 is 0 Å². The first kappa shape index (κ1) is 17.7. The number of rotatable bonds is 6. The molecule has 8 heteroatoms. The van der Waals surface area contributed by atoms with Gasteiger partial charge in [-0.25, -0.2) is 0 Å². The standard InChI is InChI=1S/C15H18Cl2N4O2/c1-9(2)15-19-14(23-20-15)8-21(3)7-13(22)18-10-4-5-11(16)12(17)6-10/h4-6,9H,7-8H2,1-3H3,(H,18,22). The van der Waals surface area contributed by atoms with Gasteiger partial charge in [0.25, 0.3) is 0 Å². The lowest BCUT2D eigenvalue weighted by atomic mass is 10.2. The van der Waals surface area contributed by atoms with Crippen molar-refractivity contribution in [2.45, 2.75) is 26.3 Å². The highest BCUT2D eigenvalue weighted by atomic mass is 35.5. The molecule has 1 amide bonds. The van der Waals surface area contributed by atoms with Gasteiger partial charge in [0.05, 0.1) is 23.1 Å². The van der Waals surface area contributed by atoms with Crippen molar-refractivity contribution >= 4 is 34.8 Å². The Balaban J connectivity index is 1.87. The van der Waals surface area contributed by atoms with Crippen LogP contribution in [0.25, 0.3) is 0 Å². The van der Waals surface area contributed by atoms with Gasteiger partial charge in [-0.3, -0.25) is 9.69 Å². The zero-order chi connectivity index (χ0) is 17.0. The number of hydrogen-bond donors (Lipinski definition) is 1. The van der Waals surface area contributed by atoms with E-state index in [0.717, 1.165) is 0 Å². The van der Waals surface area contributed by atoms with Crippen LogP contribution in [0.1, 0.15) is 31.5 Å². The van der Waals surface area contributed by atoms with E-state index in [-0.39, 0.29) is 18.4 Å². The number of carbonyl (C=O) groups is 1. The lowest BCUT2D eigenvalue weighted by Gasteiger charge is -2.14. The van der Waals surface area contributed by atoms with E-state index in [0.29, 0.717) is 34.0 Å². The van der Waals surface area contributed by atoms with Crippen LogP contribution in [-0.4, -0.2) is 34.5 Å². The van der Waals surface area contributed by atoms with Gasteiger partial charge in [-0.15, -0.1) is 0 Å². The van der Waals surface area contributed by atoms with Crippen LogP contribution in [0.3, 0.4) is 0 Å². The molecule has 6 nitrogen and oxygen atoms in total. The maximum absolute atomic E-state index is 12.0. The van der Waals surface area contributed by atoms with Crippen molar-refractivity contribution in [1.29, 1.82) is 0 Å². The number of benzene rings is 1. The molecule has 0 unspecified atom stereocenters. The Bertz CT molecular complexity index is 688. The SMILES string of the molecule is CC(C)c1noc(CN(C)CC(=O)Nc2ccc(Cl)c(Cl)c2)n1. The fraction of sp³-hybridized carbons (Fsp3) is 0.400. The minimum absolute atomic E-state index is 0.172. The van der Waals surface area contributed by atoms with E-state index in [1.807, 2.05) is 13.8 Å². The summed E-state index contributed by atoms with van der Waals surface area (Å²) < 4.78 is 5.16. The van der Waals surface area contributed by atoms with Crippen LogP contribution in [0.4, 0.5) is 5.69 Å². The average molecular weight is 357 g/mol. The number of hydrogen-bond acceptors (Lipinski definition) is 5. The number of nitrogens with zero attached hydrogens (tertiary/aromatic N) is 3. The molecule has 0 bridgehead atoms. The third-order valence-electron chi connectivity index (χ3n) is 3.02. The van der Waals surface area contributed by atoms with Crippen LogP contribution in [-0.2, 0) is 11.3 Å². The maximum Gasteiger partial charge on any atom is 0.240 e. The summed E-state index contributed by atoms with van der Waals surface area (Å²) in [5, 5.41) is 7.49. The summed E-state index contributed by atoms with van der Waals surface area (Å²) in [5.41, 5.74) is 0.595. The van der Waals surface area contributed by atoms with E-state index in [1.165, 1.54) is 0 Å². The molecule has 0 spiro atoms. The molecule has 0 radical (unpaired) electrons. The summed E-state index contributed by atoms with van der Waals surface area (Å²) in [6.45, 7) is 4.56. The van der Waals surface area contributed by atoms with Crippen LogP contribution < -0.4 is 5.32 Å². The van der Waals surface area contributed by atoms with Crippen molar-refractivity contribution < 1.29 is 9.32 Å². The highest BCUT2D eigenvalue weighted by Crippen LogP contribution is 2.24. The molecule has 23 heavy (non-hydrogen) atoms. The first-order valence-electron chi connectivity index (χ1n) is 7.11. The van der Waals surface area contributed by atoms with Gasteiger partial charge in [0, 0.05) is 11.6 Å². The molecular formula is C15H18Cl2N4O2. The van der Waals surface area contributed by atoms with Gasteiger partial charge in [0.1, 0.15) is 0 Å². The molecule has 2 rings (SSSR count). The van der Waals surface area contributed by atoms with Crippen LogP contribution in [0.2, 0.25) is 10.0 Å². The highest BCUT2D eigenvalue weighted by Gasteiger charge is 2.14. The summed E-state index contributed by atoms with van der Waals surface area (Å²) in [6.07, 6.45) is 0. The van der Waals surface area contributed by atoms with Gasteiger partial charge in [0.2, 0.25) is 11.8 Å². The topological polar surface area (TPSA) is 71.3 Å². The number of carbonyl (C=O) groups excluding carboxylic acids is 1. The Morgan fingerprint density at radius 1 is 1.35 bits per heavy atom. The van der Waals surface area contributed by atoms with Crippen LogP contribution in [0.5, 0.6) is 0 Å². The minimum atomic E-state index is -0.172. The molecule has 0 aliphatic rings. The largest absolute Gasteiger partial charge is 0.338 e. The summed E-state index contributed by atoms with van der Waals surface area (Å²) >= 11 is 11.8. The molecule has 0 atom stereocenters. The van der Waals surface area contributed by atoms with Crippen molar-refractivity contribution in [3.8, 4) is 0 Å². The lowest BCUT2D eigenvalue weighted by Crippen LogP contribution is -2.29. The predicted molar refractivity (Wildman–Crippen MR) is 89.8 cm³/mol. The van der Waals surface area contributed by atoms with Gasteiger partial charge >= 0.3 is 0 Å². The van der Waals surface area contributed by atoms with Gasteiger partial charge in [-0.1, -0.05) is 42.2 Å². The zero-order valence-corrected chi connectivity index (χ0v) is 14.6. The third-order valence-corrected chi connectivity index (χ3v) is 3.76. The van der Waals surface area contributed by atoms with Gasteiger partial charge in [-0.05, 0) is 25.2 Å². The predicted octanol–water partition coefficient (Wildman–Crippen LogP) is 3.57. The third kappa shape index (κ3) is 5.20. The molecule has 0 saturated heterocycles. The van der Waals surface area contributed by atoms with E-state index < -0.39 is 0 Å². The fourth-order valence-electron chi connectivity index (χ4n) is 1.87. The molecule has 0 aliphatic heterocycles. The van der Waals surface area contributed by atoms with E-state index in [4.69, 9.17) is 27.7 Å². The van der Waals surface area contributed by atoms with Gasteiger partial charge < -0.3 is 9.84 Å². The van der Waals surface area contributed by atoms with Gasteiger partial charge in [0.15, 0.2) is 5.82 Å². The number of halogens is 2. The van der Waals surface area contributed by atoms with Crippen molar-refractivity contribution in [1.82, 2.24) is 15.0 Å². The Kier molecular flexibility index (Phi) is 5.98. The van der Waals surface area contributed by atoms with Crippen LogP contribution >= 0.6 is 23.2 Å². The summed E-state index contributed by atoms with van der Waals surface area (Å²) in [6, 6.07) is 4.93. The number of likely N-dealkylation sites (N-methyl/N-ethyl adjacent to an activating group) is 1. The summed E-state index contributed by atoms with van der Waals surface area (Å²) in [5.74, 6) is 1.18. The highest BCUT2D eigenvalue weighted by molar-refractivity contribution is 6.42. The van der Waals surface area contributed by atoms with Crippen molar-refractivity contribution in [3.05, 3.63) is 40.0 Å². The first-order chi connectivity index (χ1) is 10.8. The average Bonchev–Trinajstić information content (AvgIpc) is 2.91. The number of amides is 1. The maximum atomic E-state index is 12.0. The number of aromatic nitrogens is 2. The van der Waals surface area contributed by atoms with E-state index in [2.05, 4.69) is 15.5 Å². The molecule has 124 valence electrons. The normalized spacial score (nSPS) is 11.3. The van der Waals surface area contributed by atoms with Crippen molar-refractivity contribution in [3.63, 3.8) is 0 Å². The van der Waals surface area contributed by atoms with E-state index in [1.54, 1.807) is 30.1 Å². The number of nitrogens with one attached hydrogen (secondary N) is 1. The second-order valence-electron chi connectivity index (χ2n) is 5.55. The Morgan fingerprint density at radius 3 is 2.70 bits per heavy atom. The molecule has 0 aliphatic carbocycles. The molecule has 1 aromatic carbocycles. The summed E-state index contributed by atoms with van der Waals surface area (Å²) in [7, 11) is 1.80.